The summed E-state index contributed by atoms with van der Waals surface area (Å²) in [4.78, 5) is 8.10. The van der Waals surface area contributed by atoms with Crippen LogP contribution in [0.5, 0.6) is 11.9 Å². The van der Waals surface area contributed by atoms with E-state index in [9.17, 15) is 0 Å². The van der Waals surface area contributed by atoms with Gasteiger partial charge in [0, 0.05) is 12.5 Å². The smallest absolute Gasteiger partial charge is 0.319 e. The lowest BCUT2D eigenvalue weighted by molar-refractivity contribution is 0.349. The van der Waals surface area contributed by atoms with Crippen molar-refractivity contribution in [1.29, 1.82) is 0 Å². The zero-order valence-corrected chi connectivity index (χ0v) is 9.71. The molecule has 0 saturated carbocycles. The molecule has 0 aliphatic heterocycles. The first-order valence-corrected chi connectivity index (χ1v) is 4.87. The summed E-state index contributed by atoms with van der Waals surface area (Å²) in [6, 6.07) is 0.228. The Balaban J connectivity index is 3.23. The molecule has 1 rings (SSSR count). The van der Waals surface area contributed by atoms with Crippen molar-refractivity contribution in [3.8, 4) is 11.9 Å². The minimum atomic E-state index is 0.0308. The molecule has 0 spiro atoms. The fraction of sp³-hybridized carbons (Fsp3) is 0.556. The number of nitrogens with zero attached hydrogens (tertiary/aromatic N) is 2. The van der Waals surface area contributed by atoms with Crippen LogP contribution in [0.1, 0.15) is 18.5 Å². The Bertz CT molecular complexity index is 346. The van der Waals surface area contributed by atoms with Gasteiger partial charge >= 0.3 is 6.01 Å². The van der Waals surface area contributed by atoms with Crippen molar-refractivity contribution in [3.05, 3.63) is 10.7 Å². The first kappa shape index (κ1) is 12.0. The second-order valence-corrected chi connectivity index (χ2v) is 3.43. The molecule has 0 bridgehead atoms. The highest BCUT2D eigenvalue weighted by atomic mass is 35.5. The third kappa shape index (κ3) is 2.49. The standard InChI is InChI=1S/C9H14ClN3O2/c1-5(4-11)7-6(10)8(14-2)13-9(12-7)15-3/h5H,4,11H2,1-3H3. The minimum absolute atomic E-state index is 0.0308. The summed E-state index contributed by atoms with van der Waals surface area (Å²) in [5.74, 6) is 0.335. The van der Waals surface area contributed by atoms with E-state index in [1.54, 1.807) is 0 Å². The molecule has 0 fully saturated rings. The highest BCUT2D eigenvalue weighted by Crippen LogP contribution is 2.31. The molecular formula is C9H14ClN3O2. The average Bonchev–Trinajstić information content (AvgIpc) is 2.28. The molecule has 5 nitrogen and oxygen atoms in total. The van der Waals surface area contributed by atoms with E-state index < -0.39 is 0 Å². The fourth-order valence-corrected chi connectivity index (χ4v) is 1.44. The van der Waals surface area contributed by atoms with Gasteiger partial charge in [-0.2, -0.15) is 9.97 Å². The fourth-order valence-electron chi connectivity index (χ4n) is 1.09. The van der Waals surface area contributed by atoms with Crippen LogP contribution in [0, 0.1) is 0 Å². The largest absolute Gasteiger partial charge is 0.480 e. The van der Waals surface area contributed by atoms with Crippen molar-refractivity contribution >= 4 is 11.6 Å². The van der Waals surface area contributed by atoms with Gasteiger partial charge in [0.05, 0.1) is 19.9 Å². The molecule has 0 saturated heterocycles. The van der Waals surface area contributed by atoms with Crippen LogP contribution in [0.3, 0.4) is 0 Å². The lowest BCUT2D eigenvalue weighted by Gasteiger charge is -2.13. The quantitative estimate of drug-likeness (QED) is 0.844. The molecule has 1 aromatic heterocycles. The summed E-state index contributed by atoms with van der Waals surface area (Å²) >= 11 is 6.05. The summed E-state index contributed by atoms with van der Waals surface area (Å²) in [7, 11) is 2.98. The van der Waals surface area contributed by atoms with E-state index >= 15 is 0 Å². The number of aromatic nitrogens is 2. The van der Waals surface area contributed by atoms with E-state index in [4.69, 9.17) is 26.8 Å². The Kier molecular flexibility index (Phi) is 4.11. The molecule has 0 aliphatic rings. The van der Waals surface area contributed by atoms with E-state index in [0.717, 1.165) is 0 Å². The van der Waals surface area contributed by atoms with Gasteiger partial charge in [-0.15, -0.1) is 0 Å². The van der Waals surface area contributed by atoms with Crippen LogP contribution in [0.25, 0.3) is 0 Å². The Hall–Kier alpha value is -1.07. The Morgan fingerprint density at radius 3 is 2.47 bits per heavy atom. The van der Waals surface area contributed by atoms with Gasteiger partial charge < -0.3 is 15.2 Å². The second kappa shape index (κ2) is 5.14. The van der Waals surface area contributed by atoms with Gasteiger partial charge in [0.1, 0.15) is 5.02 Å². The molecule has 1 unspecified atom stereocenters. The maximum atomic E-state index is 6.05. The first-order chi connectivity index (χ1) is 7.13. The van der Waals surface area contributed by atoms with Crippen molar-refractivity contribution in [1.82, 2.24) is 9.97 Å². The molecule has 15 heavy (non-hydrogen) atoms. The first-order valence-electron chi connectivity index (χ1n) is 4.49. The van der Waals surface area contributed by atoms with Crippen LogP contribution in [0.2, 0.25) is 5.02 Å². The van der Waals surface area contributed by atoms with E-state index in [1.165, 1.54) is 14.2 Å². The zero-order valence-electron chi connectivity index (χ0n) is 8.95. The predicted molar refractivity (Wildman–Crippen MR) is 57.6 cm³/mol. The number of methoxy groups -OCH3 is 2. The number of hydrogen-bond donors (Lipinski definition) is 1. The average molecular weight is 232 g/mol. The number of ether oxygens (including phenoxy) is 2. The molecule has 1 heterocycles. The molecule has 2 N–H and O–H groups in total. The highest BCUT2D eigenvalue weighted by Gasteiger charge is 2.17. The van der Waals surface area contributed by atoms with Gasteiger partial charge in [-0.05, 0) is 0 Å². The van der Waals surface area contributed by atoms with Crippen LogP contribution < -0.4 is 15.2 Å². The topological polar surface area (TPSA) is 70.3 Å². The van der Waals surface area contributed by atoms with E-state index in [2.05, 4.69) is 9.97 Å². The predicted octanol–water partition coefficient (Wildman–Crippen LogP) is 1.21. The van der Waals surface area contributed by atoms with Gasteiger partial charge in [-0.1, -0.05) is 18.5 Å². The van der Waals surface area contributed by atoms with Crippen molar-refractivity contribution in [2.45, 2.75) is 12.8 Å². The Labute approximate surface area is 93.6 Å². The van der Waals surface area contributed by atoms with Crippen LogP contribution in [0.4, 0.5) is 0 Å². The SMILES string of the molecule is COc1nc(OC)c(Cl)c(C(C)CN)n1. The van der Waals surface area contributed by atoms with E-state index in [0.29, 0.717) is 23.1 Å². The Morgan fingerprint density at radius 2 is 2.00 bits per heavy atom. The van der Waals surface area contributed by atoms with Crippen LogP contribution in [-0.4, -0.2) is 30.7 Å². The van der Waals surface area contributed by atoms with Crippen LogP contribution in [0.15, 0.2) is 0 Å². The van der Waals surface area contributed by atoms with Crippen molar-refractivity contribution in [2.75, 3.05) is 20.8 Å². The van der Waals surface area contributed by atoms with Gasteiger partial charge in [0.25, 0.3) is 0 Å². The van der Waals surface area contributed by atoms with Crippen LogP contribution in [-0.2, 0) is 0 Å². The van der Waals surface area contributed by atoms with E-state index in [-0.39, 0.29) is 11.9 Å². The number of nitrogens with two attached hydrogens (primary N) is 1. The van der Waals surface area contributed by atoms with Crippen molar-refractivity contribution < 1.29 is 9.47 Å². The van der Waals surface area contributed by atoms with Gasteiger partial charge in [0.15, 0.2) is 0 Å². The molecule has 0 amide bonds. The molecule has 6 heteroatoms. The summed E-state index contributed by atoms with van der Waals surface area (Å²) < 4.78 is 9.96. The van der Waals surface area contributed by atoms with Crippen molar-refractivity contribution in [3.63, 3.8) is 0 Å². The van der Waals surface area contributed by atoms with Crippen molar-refractivity contribution in [2.24, 2.45) is 5.73 Å². The number of halogens is 1. The highest BCUT2D eigenvalue weighted by molar-refractivity contribution is 6.32. The molecule has 0 radical (unpaired) electrons. The maximum Gasteiger partial charge on any atom is 0.319 e. The lowest BCUT2D eigenvalue weighted by Crippen LogP contribution is -2.12. The summed E-state index contributed by atoms with van der Waals surface area (Å²) in [5, 5.41) is 0.385. The van der Waals surface area contributed by atoms with Gasteiger partial charge in [0.2, 0.25) is 5.88 Å². The molecule has 0 aromatic carbocycles. The number of rotatable bonds is 4. The minimum Gasteiger partial charge on any atom is -0.480 e. The molecular weight excluding hydrogens is 218 g/mol. The third-order valence-corrected chi connectivity index (χ3v) is 2.38. The zero-order chi connectivity index (χ0) is 11.4. The maximum absolute atomic E-state index is 6.05. The lowest BCUT2D eigenvalue weighted by atomic mass is 10.1. The Morgan fingerprint density at radius 1 is 1.33 bits per heavy atom. The summed E-state index contributed by atoms with van der Waals surface area (Å²) in [6.07, 6.45) is 0. The molecule has 84 valence electrons. The number of hydrogen-bond acceptors (Lipinski definition) is 5. The second-order valence-electron chi connectivity index (χ2n) is 3.06. The normalized spacial score (nSPS) is 12.3. The molecule has 0 aliphatic carbocycles. The van der Waals surface area contributed by atoms with Gasteiger partial charge in [-0.25, -0.2) is 0 Å². The van der Waals surface area contributed by atoms with Crippen LogP contribution >= 0.6 is 11.6 Å². The van der Waals surface area contributed by atoms with Gasteiger partial charge in [-0.3, -0.25) is 0 Å². The third-order valence-electron chi connectivity index (χ3n) is 2.02. The van der Waals surface area contributed by atoms with E-state index in [1.807, 2.05) is 6.92 Å². The molecule has 1 atom stereocenters. The molecule has 1 aromatic rings. The summed E-state index contributed by atoms with van der Waals surface area (Å²) in [5.41, 5.74) is 6.20. The monoisotopic (exact) mass is 231 g/mol. The summed E-state index contributed by atoms with van der Waals surface area (Å²) in [6.45, 7) is 2.37.